The lowest BCUT2D eigenvalue weighted by Crippen LogP contribution is -2.31. The molecule has 0 atom stereocenters. The van der Waals surface area contributed by atoms with Crippen LogP contribution < -0.4 is 5.32 Å². The smallest absolute Gasteiger partial charge is 0.275 e. The van der Waals surface area contributed by atoms with Gasteiger partial charge in [-0.05, 0) is 38.1 Å². The van der Waals surface area contributed by atoms with Crippen LogP contribution >= 0.6 is 11.6 Å². The van der Waals surface area contributed by atoms with Crippen LogP contribution in [0.5, 0.6) is 0 Å². The van der Waals surface area contributed by atoms with E-state index >= 15 is 0 Å². The van der Waals surface area contributed by atoms with Crippen LogP contribution in [0.2, 0.25) is 5.15 Å². The van der Waals surface area contributed by atoms with Crippen molar-refractivity contribution >= 4 is 34.7 Å². The fourth-order valence-electron chi connectivity index (χ4n) is 2.81. The van der Waals surface area contributed by atoms with Gasteiger partial charge in [-0.2, -0.15) is 0 Å². The predicted molar refractivity (Wildman–Crippen MR) is 102 cm³/mol. The molecule has 6 nitrogen and oxygen atoms in total. The molecule has 0 saturated heterocycles. The maximum absolute atomic E-state index is 12.8. The SMILES string of the molecule is CCN(CC)C(=O)c1ccccc1NC(=O)c1c(Cl)nc2ccccn12. The Morgan fingerprint density at radius 3 is 2.54 bits per heavy atom. The number of amides is 2. The van der Waals surface area contributed by atoms with E-state index in [9.17, 15) is 9.59 Å². The summed E-state index contributed by atoms with van der Waals surface area (Å²) < 4.78 is 1.62. The Morgan fingerprint density at radius 1 is 1.12 bits per heavy atom. The highest BCUT2D eigenvalue weighted by Crippen LogP contribution is 2.22. The predicted octanol–water partition coefficient (Wildman–Crippen LogP) is 3.72. The van der Waals surface area contributed by atoms with Crippen LogP contribution in [0.15, 0.2) is 48.7 Å². The fraction of sp³-hybridized carbons (Fsp3) is 0.211. The highest BCUT2D eigenvalue weighted by molar-refractivity contribution is 6.33. The maximum atomic E-state index is 12.8. The number of halogens is 1. The van der Waals surface area contributed by atoms with Crippen LogP contribution in [0.25, 0.3) is 5.65 Å². The summed E-state index contributed by atoms with van der Waals surface area (Å²) in [6.45, 7) is 5.02. The van der Waals surface area contributed by atoms with Gasteiger partial charge < -0.3 is 10.2 Å². The van der Waals surface area contributed by atoms with E-state index in [1.807, 2.05) is 19.9 Å². The number of hydrogen-bond acceptors (Lipinski definition) is 3. The normalized spacial score (nSPS) is 10.7. The van der Waals surface area contributed by atoms with Crippen LogP contribution in [-0.4, -0.2) is 39.2 Å². The number of carbonyl (C=O) groups excluding carboxylic acids is 2. The monoisotopic (exact) mass is 370 g/mol. The van der Waals surface area contributed by atoms with Crippen molar-refractivity contribution in [3.05, 3.63) is 65.1 Å². The molecule has 0 aliphatic heterocycles. The van der Waals surface area contributed by atoms with E-state index in [1.165, 1.54) is 0 Å². The van der Waals surface area contributed by atoms with Crippen LogP contribution in [0.4, 0.5) is 5.69 Å². The Morgan fingerprint density at radius 2 is 1.81 bits per heavy atom. The van der Waals surface area contributed by atoms with Crippen LogP contribution in [-0.2, 0) is 0 Å². The number of nitrogens with one attached hydrogen (secondary N) is 1. The molecule has 3 aromatic rings. The van der Waals surface area contributed by atoms with Gasteiger partial charge in [0.25, 0.3) is 11.8 Å². The van der Waals surface area contributed by atoms with Gasteiger partial charge in [0.05, 0.1) is 11.3 Å². The van der Waals surface area contributed by atoms with E-state index < -0.39 is 5.91 Å². The number of carbonyl (C=O) groups is 2. The minimum Gasteiger partial charge on any atom is -0.339 e. The third-order valence-electron chi connectivity index (χ3n) is 4.16. The second kappa shape index (κ2) is 7.58. The Balaban J connectivity index is 1.95. The number of nitrogens with zero attached hydrogens (tertiary/aromatic N) is 3. The molecule has 2 heterocycles. The zero-order valence-electron chi connectivity index (χ0n) is 14.6. The molecule has 0 bridgehead atoms. The van der Waals surface area contributed by atoms with Crippen LogP contribution in [0.1, 0.15) is 34.7 Å². The van der Waals surface area contributed by atoms with Crippen molar-refractivity contribution in [1.82, 2.24) is 14.3 Å². The molecule has 0 fully saturated rings. The minimum atomic E-state index is -0.423. The van der Waals surface area contributed by atoms with Crippen LogP contribution in [0.3, 0.4) is 0 Å². The summed E-state index contributed by atoms with van der Waals surface area (Å²) >= 11 is 6.16. The number of hydrogen-bond donors (Lipinski definition) is 1. The first-order valence-electron chi connectivity index (χ1n) is 8.39. The average molecular weight is 371 g/mol. The van der Waals surface area contributed by atoms with E-state index in [2.05, 4.69) is 10.3 Å². The molecule has 0 spiro atoms. The van der Waals surface area contributed by atoms with Gasteiger partial charge in [-0.15, -0.1) is 0 Å². The van der Waals surface area contributed by atoms with E-state index in [-0.39, 0.29) is 16.8 Å². The zero-order valence-corrected chi connectivity index (χ0v) is 15.3. The maximum Gasteiger partial charge on any atom is 0.275 e. The minimum absolute atomic E-state index is 0.112. The number of imidazole rings is 1. The molecular weight excluding hydrogens is 352 g/mol. The first kappa shape index (κ1) is 17.9. The number of rotatable bonds is 5. The summed E-state index contributed by atoms with van der Waals surface area (Å²) in [5, 5.41) is 2.91. The number of para-hydroxylation sites is 1. The topological polar surface area (TPSA) is 66.7 Å². The largest absolute Gasteiger partial charge is 0.339 e. The molecule has 3 rings (SSSR count). The molecule has 1 aromatic carbocycles. The van der Waals surface area contributed by atoms with Crippen LogP contribution in [0, 0.1) is 0 Å². The van der Waals surface area contributed by atoms with Crippen molar-refractivity contribution in [1.29, 1.82) is 0 Å². The molecule has 1 N–H and O–H groups in total. The van der Waals surface area contributed by atoms with Gasteiger partial charge in [0.15, 0.2) is 10.8 Å². The molecule has 0 saturated carbocycles. The highest BCUT2D eigenvalue weighted by Gasteiger charge is 2.21. The van der Waals surface area contributed by atoms with E-state index in [0.717, 1.165) is 0 Å². The lowest BCUT2D eigenvalue weighted by Gasteiger charge is -2.20. The number of fused-ring (bicyclic) bond motifs is 1. The molecule has 2 aromatic heterocycles. The number of anilines is 1. The first-order valence-corrected chi connectivity index (χ1v) is 8.76. The van der Waals surface area contributed by atoms with Crippen molar-refractivity contribution in [2.75, 3.05) is 18.4 Å². The van der Waals surface area contributed by atoms with Crippen molar-refractivity contribution < 1.29 is 9.59 Å². The summed E-state index contributed by atoms with van der Waals surface area (Å²) in [4.78, 5) is 31.4. The van der Waals surface area contributed by atoms with Gasteiger partial charge in [0.2, 0.25) is 0 Å². The average Bonchev–Trinajstić information content (AvgIpc) is 2.98. The molecule has 134 valence electrons. The molecule has 0 aliphatic rings. The summed E-state index contributed by atoms with van der Waals surface area (Å²) in [5.74, 6) is -0.552. The number of aromatic nitrogens is 2. The van der Waals surface area contributed by atoms with Gasteiger partial charge in [0, 0.05) is 19.3 Å². The Kier molecular flexibility index (Phi) is 5.23. The highest BCUT2D eigenvalue weighted by atomic mass is 35.5. The summed E-state index contributed by atoms with van der Waals surface area (Å²) in [5.41, 5.74) is 1.69. The molecule has 0 unspecified atom stereocenters. The van der Waals surface area contributed by atoms with Gasteiger partial charge in [-0.1, -0.05) is 29.8 Å². The Hall–Kier alpha value is -2.86. The molecule has 7 heteroatoms. The summed E-state index contributed by atoms with van der Waals surface area (Å²) in [6.07, 6.45) is 1.72. The Labute approximate surface area is 156 Å². The summed E-state index contributed by atoms with van der Waals surface area (Å²) in [7, 11) is 0. The van der Waals surface area contributed by atoms with Crippen molar-refractivity contribution in [2.24, 2.45) is 0 Å². The number of pyridine rings is 1. The van der Waals surface area contributed by atoms with Crippen molar-refractivity contribution in [2.45, 2.75) is 13.8 Å². The molecule has 0 radical (unpaired) electrons. The van der Waals surface area contributed by atoms with Gasteiger partial charge in [-0.25, -0.2) is 4.98 Å². The van der Waals surface area contributed by atoms with Gasteiger partial charge in [0.1, 0.15) is 5.65 Å². The van der Waals surface area contributed by atoms with Gasteiger partial charge >= 0.3 is 0 Å². The lowest BCUT2D eigenvalue weighted by atomic mass is 10.1. The van der Waals surface area contributed by atoms with Gasteiger partial charge in [-0.3, -0.25) is 14.0 Å². The first-order chi connectivity index (χ1) is 12.6. The number of benzene rings is 1. The quantitative estimate of drug-likeness (QED) is 0.744. The fourth-order valence-corrected chi connectivity index (χ4v) is 3.08. The standard InChI is InChI=1S/C19H19ClN4O2/c1-3-23(4-2)19(26)13-9-5-6-10-14(13)21-18(25)16-17(20)22-15-11-7-8-12-24(15)16/h5-12H,3-4H2,1-2H3,(H,21,25). The molecule has 0 aliphatic carbocycles. The van der Waals surface area contributed by atoms with Crippen molar-refractivity contribution in [3.8, 4) is 0 Å². The summed E-state index contributed by atoms with van der Waals surface area (Å²) in [6, 6.07) is 12.3. The molecule has 2 amide bonds. The lowest BCUT2D eigenvalue weighted by molar-refractivity contribution is 0.0774. The third-order valence-corrected chi connectivity index (χ3v) is 4.42. The van der Waals surface area contributed by atoms with Crippen molar-refractivity contribution in [3.63, 3.8) is 0 Å². The molecule has 26 heavy (non-hydrogen) atoms. The second-order valence-corrected chi connectivity index (χ2v) is 6.02. The second-order valence-electron chi connectivity index (χ2n) is 5.66. The Bertz CT molecular complexity index is 963. The third kappa shape index (κ3) is 3.28. The van der Waals surface area contributed by atoms with E-state index in [0.29, 0.717) is 30.0 Å². The van der Waals surface area contributed by atoms with E-state index in [4.69, 9.17) is 11.6 Å². The zero-order chi connectivity index (χ0) is 18.7. The van der Waals surface area contributed by atoms with E-state index in [1.54, 1.807) is 51.9 Å². The molecular formula is C19H19ClN4O2.